The molecule has 0 unspecified atom stereocenters. The van der Waals surface area contributed by atoms with Crippen molar-refractivity contribution in [2.75, 3.05) is 6.54 Å². The summed E-state index contributed by atoms with van der Waals surface area (Å²) in [7, 11) is 0. The largest absolute Gasteiger partial charge is 0.346 e. The van der Waals surface area contributed by atoms with Crippen LogP contribution in [0.2, 0.25) is 0 Å². The molecule has 3 heteroatoms. The van der Waals surface area contributed by atoms with E-state index in [0.717, 1.165) is 24.4 Å². The smallest absolute Gasteiger partial charge is 0.103 e. The molecular formula is C10H19N3. The first-order valence-corrected chi connectivity index (χ1v) is 4.88. The molecule has 0 aliphatic rings. The predicted molar refractivity (Wildman–Crippen MR) is 54.6 cm³/mol. The third kappa shape index (κ3) is 2.84. The zero-order chi connectivity index (χ0) is 9.84. The molecule has 0 aliphatic carbocycles. The lowest BCUT2D eigenvalue weighted by Gasteiger charge is -2.03. The molecule has 0 bridgehead atoms. The molecule has 13 heavy (non-hydrogen) atoms. The Kier molecular flexibility index (Phi) is 3.48. The van der Waals surface area contributed by atoms with Gasteiger partial charge in [-0.2, -0.15) is 0 Å². The van der Waals surface area contributed by atoms with Crippen molar-refractivity contribution in [2.45, 2.75) is 33.6 Å². The molecule has 1 aromatic heterocycles. The van der Waals surface area contributed by atoms with E-state index in [1.165, 1.54) is 5.69 Å². The molecule has 3 N–H and O–H groups in total. The number of aromatic nitrogens is 2. The van der Waals surface area contributed by atoms with Gasteiger partial charge in [-0.3, -0.25) is 0 Å². The van der Waals surface area contributed by atoms with E-state index >= 15 is 0 Å². The fourth-order valence-electron chi connectivity index (χ4n) is 1.51. The van der Waals surface area contributed by atoms with E-state index in [1.807, 2.05) is 6.92 Å². The Bertz CT molecular complexity index is 263. The highest BCUT2D eigenvalue weighted by atomic mass is 14.9. The molecule has 0 saturated heterocycles. The van der Waals surface area contributed by atoms with E-state index in [1.54, 1.807) is 0 Å². The highest BCUT2D eigenvalue weighted by Gasteiger charge is 2.08. The van der Waals surface area contributed by atoms with E-state index in [4.69, 9.17) is 5.73 Å². The van der Waals surface area contributed by atoms with E-state index < -0.39 is 0 Å². The van der Waals surface area contributed by atoms with Gasteiger partial charge in [0, 0.05) is 12.1 Å². The van der Waals surface area contributed by atoms with Gasteiger partial charge < -0.3 is 10.7 Å². The molecule has 0 aliphatic heterocycles. The molecule has 0 atom stereocenters. The zero-order valence-corrected chi connectivity index (χ0v) is 8.72. The third-order valence-electron chi connectivity index (χ3n) is 1.98. The minimum absolute atomic E-state index is 0.663. The van der Waals surface area contributed by atoms with Gasteiger partial charge in [0.25, 0.3) is 0 Å². The SMILES string of the molecule is Cc1nc(CCN)c(CC(C)C)[nH]1. The van der Waals surface area contributed by atoms with Crippen molar-refractivity contribution in [3.63, 3.8) is 0 Å². The van der Waals surface area contributed by atoms with Crippen LogP contribution in [0.5, 0.6) is 0 Å². The second-order valence-electron chi connectivity index (χ2n) is 3.88. The van der Waals surface area contributed by atoms with E-state index in [9.17, 15) is 0 Å². The van der Waals surface area contributed by atoms with Crippen molar-refractivity contribution in [1.82, 2.24) is 9.97 Å². The van der Waals surface area contributed by atoms with Crippen LogP contribution in [-0.4, -0.2) is 16.5 Å². The molecule has 0 fully saturated rings. The van der Waals surface area contributed by atoms with Crippen molar-refractivity contribution in [1.29, 1.82) is 0 Å². The summed E-state index contributed by atoms with van der Waals surface area (Å²) in [6, 6.07) is 0. The van der Waals surface area contributed by atoms with Crippen LogP contribution in [0.15, 0.2) is 0 Å². The zero-order valence-electron chi connectivity index (χ0n) is 8.72. The summed E-state index contributed by atoms with van der Waals surface area (Å²) in [4.78, 5) is 7.71. The first-order chi connectivity index (χ1) is 6.13. The van der Waals surface area contributed by atoms with Crippen LogP contribution in [0.25, 0.3) is 0 Å². The number of imidazole rings is 1. The normalized spacial score (nSPS) is 11.2. The molecule has 0 spiro atoms. The molecule has 0 radical (unpaired) electrons. The highest BCUT2D eigenvalue weighted by molar-refractivity contribution is 5.15. The molecule has 0 amide bonds. The molecule has 3 nitrogen and oxygen atoms in total. The van der Waals surface area contributed by atoms with E-state index in [-0.39, 0.29) is 0 Å². The number of aryl methyl sites for hydroxylation is 1. The Morgan fingerprint density at radius 1 is 1.46 bits per heavy atom. The molecule has 0 aromatic carbocycles. The van der Waals surface area contributed by atoms with Crippen LogP contribution in [0.3, 0.4) is 0 Å². The molecule has 0 saturated carbocycles. The topological polar surface area (TPSA) is 54.7 Å². The summed E-state index contributed by atoms with van der Waals surface area (Å²) < 4.78 is 0. The Labute approximate surface area is 79.8 Å². The molecule has 1 aromatic rings. The lowest BCUT2D eigenvalue weighted by atomic mass is 10.1. The van der Waals surface area contributed by atoms with Crippen molar-refractivity contribution >= 4 is 0 Å². The van der Waals surface area contributed by atoms with Crippen LogP contribution in [-0.2, 0) is 12.8 Å². The number of H-pyrrole nitrogens is 1. The van der Waals surface area contributed by atoms with E-state index in [2.05, 4.69) is 23.8 Å². The van der Waals surface area contributed by atoms with Gasteiger partial charge in [-0.25, -0.2) is 4.98 Å². The number of nitrogens with one attached hydrogen (secondary N) is 1. The summed E-state index contributed by atoms with van der Waals surface area (Å²) >= 11 is 0. The molecular weight excluding hydrogens is 162 g/mol. The van der Waals surface area contributed by atoms with E-state index in [0.29, 0.717) is 12.5 Å². The van der Waals surface area contributed by atoms with Crippen molar-refractivity contribution in [3.8, 4) is 0 Å². The minimum atomic E-state index is 0.663. The quantitative estimate of drug-likeness (QED) is 0.738. The Morgan fingerprint density at radius 3 is 2.69 bits per heavy atom. The Morgan fingerprint density at radius 2 is 2.15 bits per heavy atom. The van der Waals surface area contributed by atoms with Gasteiger partial charge in [0.05, 0.1) is 5.69 Å². The lowest BCUT2D eigenvalue weighted by molar-refractivity contribution is 0.631. The summed E-state index contributed by atoms with van der Waals surface area (Å²) in [5.74, 6) is 1.66. The number of rotatable bonds is 4. The lowest BCUT2D eigenvalue weighted by Crippen LogP contribution is -2.06. The standard InChI is InChI=1S/C10H19N3/c1-7(2)6-10-9(4-5-11)12-8(3)13-10/h7H,4-6,11H2,1-3H3,(H,12,13). The maximum absolute atomic E-state index is 5.52. The summed E-state index contributed by atoms with van der Waals surface area (Å²) in [6.45, 7) is 7.09. The van der Waals surface area contributed by atoms with Crippen LogP contribution < -0.4 is 5.73 Å². The third-order valence-corrected chi connectivity index (χ3v) is 1.98. The second-order valence-corrected chi connectivity index (χ2v) is 3.88. The maximum atomic E-state index is 5.52. The first-order valence-electron chi connectivity index (χ1n) is 4.88. The van der Waals surface area contributed by atoms with Crippen LogP contribution in [0, 0.1) is 12.8 Å². The van der Waals surface area contributed by atoms with Gasteiger partial charge in [0.2, 0.25) is 0 Å². The number of aromatic amines is 1. The van der Waals surface area contributed by atoms with Gasteiger partial charge in [0.15, 0.2) is 0 Å². The number of hydrogen-bond donors (Lipinski definition) is 2. The van der Waals surface area contributed by atoms with Gasteiger partial charge in [-0.05, 0) is 25.8 Å². The van der Waals surface area contributed by atoms with Crippen LogP contribution in [0.4, 0.5) is 0 Å². The summed E-state index contributed by atoms with van der Waals surface area (Å²) in [5, 5.41) is 0. The second kappa shape index (κ2) is 4.42. The minimum Gasteiger partial charge on any atom is -0.346 e. The Hall–Kier alpha value is -0.830. The average Bonchev–Trinajstić information content (AvgIpc) is 2.31. The molecule has 1 heterocycles. The summed E-state index contributed by atoms with van der Waals surface area (Å²) in [5.41, 5.74) is 7.92. The van der Waals surface area contributed by atoms with Crippen molar-refractivity contribution < 1.29 is 0 Å². The Balaban J connectivity index is 2.77. The van der Waals surface area contributed by atoms with Gasteiger partial charge in [0.1, 0.15) is 5.82 Å². The van der Waals surface area contributed by atoms with Crippen LogP contribution >= 0.6 is 0 Å². The van der Waals surface area contributed by atoms with Gasteiger partial charge in [-0.15, -0.1) is 0 Å². The monoisotopic (exact) mass is 181 g/mol. The van der Waals surface area contributed by atoms with Crippen molar-refractivity contribution in [3.05, 3.63) is 17.2 Å². The van der Waals surface area contributed by atoms with Gasteiger partial charge >= 0.3 is 0 Å². The summed E-state index contributed by atoms with van der Waals surface area (Å²) in [6.07, 6.45) is 1.95. The molecule has 1 rings (SSSR count). The number of nitrogens with two attached hydrogens (primary N) is 1. The molecule has 74 valence electrons. The van der Waals surface area contributed by atoms with Crippen LogP contribution in [0.1, 0.15) is 31.1 Å². The maximum Gasteiger partial charge on any atom is 0.103 e. The predicted octanol–water partition coefficient (Wildman–Crippen LogP) is 1.42. The number of hydrogen-bond acceptors (Lipinski definition) is 2. The highest BCUT2D eigenvalue weighted by Crippen LogP contribution is 2.11. The fourth-order valence-corrected chi connectivity index (χ4v) is 1.51. The average molecular weight is 181 g/mol. The first kappa shape index (κ1) is 10.3. The fraction of sp³-hybridized carbons (Fsp3) is 0.700. The van der Waals surface area contributed by atoms with Gasteiger partial charge in [-0.1, -0.05) is 13.8 Å². The van der Waals surface area contributed by atoms with Crippen molar-refractivity contribution in [2.24, 2.45) is 11.7 Å². The number of nitrogens with zero attached hydrogens (tertiary/aromatic N) is 1.